The molecular weight excluding hydrogens is 496 g/mol. The number of hydrogen-bond donors (Lipinski definition) is 0. The zero-order valence-electron chi connectivity index (χ0n) is 20.1. The summed E-state index contributed by atoms with van der Waals surface area (Å²) in [6, 6.07) is 4.50. The molecule has 0 radical (unpaired) electrons. The maximum absolute atomic E-state index is 14.5. The quantitative estimate of drug-likeness (QED) is 0.439. The largest absolute Gasteiger partial charge is 0.434 e. The van der Waals surface area contributed by atoms with Gasteiger partial charge in [0.2, 0.25) is 0 Å². The number of carbonyl (C=O) groups is 1. The van der Waals surface area contributed by atoms with Gasteiger partial charge >= 0.3 is 12.2 Å². The van der Waals surface area contributed by atoms with Crippen LogP contribution in [0.1, 0.15) is 39.5 Å². The van der Waals surface area contributed by atoms with E-state index in [1.54, 1.807) is 28.9 Å². The minimum Gasteiger partial charge on any atom is -0.369 e. The van der Waals surface area contributed by atoms with E-state index in [0.717, 1.165) is 22.5 Å². The number of nitrogens with zero attached hydrogens (tertiary/aromatic N) is 6. The van der Waals surface area contributed by atoms with Crippen molar-refractivity contribution in [2.75, 3.05) is 22.9 Å². The number of anilines is 2. The molecule has 2 aliphatic rings. The Bertz CT molecular complexity index is 1270. The lowest BCUT2D eigenvalue weighted by Gasteiger charge is -2.43. The van der Waals surface area contributed by atoms with Gasteiger partial charge in [0, 0.05) is 37.9 Å². The lowest BCUT2D eigenvalue weighted by atomic mass is 10.00. The van der Waals surface area contributed by atoms with Crippen molar-refractivity contribution in [1.82, 2.24) is 19.7 Å². The van der Waals surface area contributed by atoms with Crippen LogP contribution in [0.2, 0.25) is 0 Å². The van der Waals surface area contributed by atoms with Gasteiger partial charge in [-0.25, -0.2) is 14.2 Å². The van der Waals surface area contributed by atoms with Crippen LogP contribution in [0.25, 0.3) is 0 Å². The molecule has 36 heavy (non-hydrogen) atoms. The Kier molecular flexibility index (Phi) is 6.17. The van der Waals surface area contributed by atoms with E-state index in [4.69, 9.17) is 0 Å². The Balaban J connectivity index is 1.39. The highest BCUT2D eigenvalue weighted by Crippen LogP contribution is 2.38. The SMILES string of the molecule is Cc1nc(C(F)(F)F)c(CN2C(=O)N(C3CCN(c4c(C)cccc4F)CC3)Cc3cn(C)nc32)s1. The second kappa shape index (κ2) is 9.06. The van der Waals surface area contributed by atoms with Gasteiger partial charge < -0.3 is 9.80 Å². The molecule has 0 saturated carbocycles. The first-order valence-corrected chi connectivity index (χ1v) is 12.5. The maximum atomic E-state index is 14.5. The van der Waals surface area contributed by atoms with E-state index in [1.165, 1.54) is 17.9 Å². The van der Waals surface area contributed by atoms with Crippen molar-refractivity contribution in [3.63, 3.8) is 0 Å². The fraction of sp³-hybridized carbons (Fsp3) is 0.458. The third-order valence-corrected chi connectivity index (χ3v) is 7.70. The topological polar surface area (TPSA) is 57.5 Å². The summed E-state index contributed by atoms with van der Waals surface area (Å²) in [6.07, 6.45) is -1.57. The van der Waals surface area contributed by atoms with Crippen LogP contribution < -0.4 is 9.80 Å². The number of rotatable bonds is 4. The molecule has 0 atom stereocenters. The van der Waals surface area contributed by atoms with Gasteiger partial charge in [0.15, 0.2) is 11.5 Å². The van der Waals surface area contributed by atoms with Crippen LogP contribution in [0, 0.1) is 19.7 Å². The van der Waals surface area contributed by atoms with E-state index in [-0.39, 0.29) is 34.3 Å². The van der Waals surface area contributed by atoms with Crippen molar-refractivity contribution in [2.45, 2.75) is 52.0 Å². The summed E-state index contributed by atoms with van der Waals surface area (Å²) in [4.78, 5) is 22.4. The first-order chi connectivity index (χ1) is 17.0. The predicted molar refractivity (Wildman–Crippen MR) is 129 cm³/mol. The summed E-state index contributed by atoms with van der Waals surface area (Å²) in [7, 11) is 1.72. The summed E-state index contributed by atoms with van der Waals surface area (Å²) in [5.74, 6) is 0.103. The van der Waals surface area contributed by atoms with Crippen LogP contribution in [-0.4, -0.2) is 44.8 Å². The lowest BCUT2D eigenvalue weighted by molar-refractivity contribution is -0.141. The molecule has 0 unspecified atom stereocenters. The smallest absolute Gasteiger partial charge is 0.369 e. The molecular formula is C24H26F4N6OS. The van der Waals surface area contributed by atoms with E-state index in [9.17, 15) is 22.4 Å². The fourth-order valence-corrected chi connectivity index (χ4v) is 6.10. The average molecular weight is 523 g/mol. The molecule has 2 aromatic heterocycles. The average Bonchev–Trinajstić information content (AvgIpc) is 3.37. The number of aryl methyl sites for hydroxylation is 3. The van der Waals surface area contributed by atoms with Gasteiger partial charge in [-0.05, 0) is 38.3 Å². The molecule has 7 nitrogen and oxygen atoms in total. The molecule has 192 valence electrons. The second-order valence-electron chi connectivity index (χ2n) is 9.27. The van der Waals surface area contributed by atoms with Crippen LogP contribution in [0.4, 0.5) is 33.9 Å². The molecule has 5 rings (SSSR count). The summed E-state index contributed by atoms with van der Waals surface area (Å²) in [6.45, 7) is 4.61. The van der Waals surface area contributed by atoms with E-state index in [2.05, 4.69) is 10.1 Å². The van der Waals surface area contributed by atoms with Crippen molar-refractivity contribution in [3.05, 3.63) is 56.9 Å². The van der Waals surface area contributed by atoms with E-state index < -0.39 is 11.9 Å². The second-order valence-corrected chi connectivity index (χ2v) is 10.6. The molecule has 1 fully saturated rings. The molecule has 2 amide bonds. The Hall–Kier alpha value is -3.15. The number of amides is 2. The van der Waals surface area contributed by atoms with Crippen LogP contribution in [0.15, 0.2) is 24.4 Å². The first-order valence-electron chi connectivity index (χ1n) is 11.7. The van der Waals surface area contributed by atoms with Crippen molar-refractivity contribution < 1.29 is 22.4 Å². The molecule has 0 spiro atoms. The lowest BCUT2D eigenvalue weighted by Crippen LogP contribution is -2.54. The first kappa shape index (κ1) is 24.5. The van der Waals surface area contributed by atoms with Crippen molar-refractivity contribution in [2.24, 2.45) is 7.05 Å². The van der Waals surface area contributed by atoms with Crippen molar-refractivity contribution in [1.29, 1.82) is 0 Å². The van der Waals surface area contributed by atoms with Crippen LogP contribution in [0.3, 0.4) is 0 Å². The highest BCUT2D eigenvalue weighted by Gasteiger charge is 2.41. The fourth-order valence-electron chi connectivity index (χ4n) is 5.16. The summed E-state index contributed by atoms with van der Waals surface area (Å²) in [5, 5.41) is 4.66. The van der Waals surface area contributed by atoms with Crippen LogP contribution in [0.5, 0.6) is 0 Å². The van der Waals surface area contributed by atoms with Crippen LogP contribution in [-0.2, 0) is 26.3 Å². The number of piperidine rings is 1. The molecule has 1 saturated heterocycles. The minimum absolute atomic E-state index is 0.0170. The van der Waals surface area contributed by atoms with Gasteiger partial charge in [-0.3, -0.25) is 9.58 Å². The van der Waals surface area contributed by atoms with Crippen LogP contribution >= 0.6 is 11.3 Å². The third-order valence-electron chi connectivity index (χ3n) is 6.74. The standard InChI is InChI=1S/C24H26F4N6OS/c1-14-5-4-6-18(25)20(14)32-9-7-17(8-10-32)33-12-16-11-31(3)30-22(16)34(23(33)35)13-19-21(24(26,27)28)29-15(2)36-19/h4-6,11,17H,7-10,12-13H2,1-3H3. The Morgan fingerprint density at radius 1 is 1.17 bits per heavy atom. The number of para-hydroxylation sites is 1. The third kappa shape index (κ3) is 4.42. The number of carbonyl (C=O) groups excluding carboxylic acids is 1. The minimum atomic E-state index is -4.61. The van der Waals surface area contributed by atoms with Crippen molar-refractivity contribution in [3.8, 4) is 0 Å². The van der Waals surface area contributed by atoms with Gasteiger partial charge in [-0.1, -0.05) is 12.1 Å². The molecule has 4 heterocycles. The molecule has 0 bridgehead atoms. The molecule has 0 aliphatic carbocycles. The number of aromatic nitrogens is 3. The van der Waals surface area contributed by atoms with E-state index in [0.29, 0.717) is 44.0 Å². The Morgan fingerprint density at radius 2 is 1.89 bits per heavy atom. The summed E-state index contributed by atoms with van der Waals surface area (Å²) in [5.41, 5.74) is 1.26. The number of thiazole rings is 1. The van der Waals surface area contributed by atoms with E-state index >= 15 is 0 Å². The normalized spacial score (nSPS) is 17.2. The number of urea groups is 1. The molecule has 12 heteroatoms. The number of fused-ring (bicyclic) bond motifs is 1. The number of benzene rings is 1. The zero-order chi connectivity index (χ0) is 25.8. The highest BCUT2D eigenvalue weighted by molar-refractivity contribution is 7.11. The molecule has 2 aliphatic heterocycles. The molecule has 0 N–H and O–H groups in total. The van der Waals surface area contributed by atoms with Gasteiger partial charge in [0.1, 0.15) is 5.82 Å². The maximum Gasteiger partial charge on any atom is 0.434 e. The zero-order valence-corrected chi connectivity index (χ0v) is 21.0. The number of hydrogen-bond acceptors (Lipinski definition) is 5. The van der Waals surface area contributed by atoms with Crippen molar-refractivity contribution >= 4 is 28.9 Å². The van der Waals surface area contributed by atoms with Gasteiger partial charge in [0.25, 0.3) is 0 Å². The highest BCUT2D eigenvalue weighted by atomic mass is 32.1. The summed E-state index contributed by atoms with van der Waals surface area (Å²) < 4.78 is 56.8. The number of alkyl halides is 3. The Morgan fingerprint density at radius 3 is 2.56 bits per heavy atom. The van der Waals surface area contributed by atoms with Gasteiger partial charge in [0.05, 0.1) is 28.7 Å². The molecule has 1 aromatic carbocycles. The number of halogens is 4. The Labute approximate surface area is 209 Å². The van der Waals surface area contributed by atoms with Gasteiger partial charge in [-0.15, -0.1) is 11.3 Å². The molecule has 3 aromatic rings. The summed E-state index contributed by atoms with van der Waals surface area (Å²) >= 11 is 0.935. The monoisotopic (exact) mass is 522 g/mol. The predicted octanol–water partition coefficient (Wildman–Crippen LogP) is 5.26. The van der Waals surface area contributed by atoms with Gasteiger partial charge in [-0.2, -0.15) is 18.3 Å². The van der Waals surface area contributed by atoms with E-state index in [1.807, 2.05) is 17.9 Å².